The number of unbranched alkanes of at least 4 members (excludes halogenated alkanes) is 1. The minimum Gasteiger partial charge on any atom is -0.398 e. The minimum atomic E-state index is -0.0827. The van der Waals surface area contributed by atoms with Crippen molar-refractivity contribution >= 4 is 34.0 Å². The SMILES string of the molecule is Nc1ccccc1C(=O)NCCCCN1CCC(c2snc3ccccc23)CC1. The summed E-state index contributed by atoms with van der Waals surface area (Å²) in [5.41, 5.74) is 8.08. The Kier molecular flexibility index (Phi) is 6.42. The molecule has 0 radical (unpaired) electrons. The number of nitrogens with two attached hydrogens (primary N) is 1. The second kappa shape index (κ2) is 9.37. The Morgan fingerprint density at radius 2 is 1.86 bits per heavy atom. The fourth-order valence-electron chi connectivity index (χ4n) is 4.08. The summed E-state index contributed by atoms with van der Waals surface area (Å²) in [6.07, 6.45) is 4.49. The molecule has 0 bridgehead atoms. The number of rotatable bonds is 7. The summed E-state index contributed by atoms with van der Waals surface area (Å²) in [6.45, 7) is 4.07. The van der Waals surface area contributed by atoms with Crippen LogP contribution in [0.25, 0.3) is 10.9 Å². The van der Waals surface area contributed by atoms with E-state index in [1.807, 2.05) is 12.1 Å². The Morgan fingerprint density at radius 1 is 1.10 bits per heavy atom. The monoisotopic (exact) mass is 408 g/mol. The molecule has 1 fully saturated rings. The molecule has 2 heterocycles. The topological polar surface area (TPSA) is 71.2 Å². The lowest BCUT2D eigenvalue weighted by molar-refractivity contribution is 0.0953. The minimum absolute atomic E-state index is 0.0827. The quantitative estimate of drug-likeness (QED) is 0.452. The molecule has 1 aromatic heterocycles. The molecule has 1 saturated heterocycles. The second-order valence-corrected chi connectivity index (χ2v) is 8.54. The molecular weight excluding hydrogens is 380 g/mol. The van der Waals surface area contributed by atoms with Gasteiger partial charge in [0.15, 0.2) is 0 Å². The van der Waals surface area contributed by atoms with Crippen molar-refractivity contribution in [3.05, 3.63) is 59.0 Å². The molecule has 5 nitrogen and oxygen atoms in total. The van der Waals surface area contributed by atoms with Gasteiger partial charge in [-0.25, -0.2) is 0 Å². The van der Waals surface area contributed by atoms with Crippen LogP contribution < -0.4 is 11.1 Å². The Hall–Kier alpha value is -2.44. The number of likely N-dealkylation sites (tertiary alicyclic amines) is 1. The van der Waals surface area contributed by atoms with Gasteiger partial charge >= 0.3 is 0 Å². The maximum atomic E-state index is 12.2. The summed E-state index contributed by atoms with van der Waals surface area (Å²) < 4.78 is 4.61. The number of carbonyl (C=O) groups excluding carboxylic acids is 1. The van der Waals surface area contributed by atoms with Crippen LogP contribution in [0, 0.1) is 0 Å². The summed E-state index contributed by atoms with van der Waals surface area (Å²) in [5.74, 6) is 0.556. The smallest absolute Gasteiger partial charge is 0.253 e. The molecule has 4 rings (SSSR count). The van der Waals surface area contributed by atoms with E-state index in [1.165, 1.54) is 23.1 Å². The third-order valence-electron chi connectivity index (χ3n) is 5.76. The molecule has 0 unspecified atom stereocenters. The van der Waals surface area contributed by atoms with Crippen molar-refractivity contribution < 1.29 is 4.79 Å². The molecule has 1 aliphatic heterocycles. The fraction of sp³-hybridized carbons (Fsp3) is 0.391. The highest BCUT2D eigenvalue weighted by molar-refractivity contribution is 7.07. The number of nitrogens with one attached hydrogen (secondary N) is 1. The third-order valence-corrected chi connectivity index (χ3v) is 6.80. The van der Waals surface area contributed by atoms with Gasteiger partial charge in [-0.05, 0) is 81.0 Å². The number of anilines is 1. The predicted octanol–water partition coefficient (Wildman–Crippen LogP) is 4.27. The summed E-state index contributed by atoms with van der Waals surface area (Å²) in [4.78, 5) is 16.2. The van der Waals surface area contributed by atoms with Crippen molar-refractivity contribution in [2.75, 3.05) is 31.9 Å². The highest BCUT2D eigenvalue weighted by Gasteiger charge is 2.23. The van der Waals surface area contributed by atoms with Crippen LogP contribution in [0.1, 0.15) is 46.8 Å². The number of nitrogens with zero attached hydrogens (tertiary/aromatic N) is 2. The second-order valence-electron chi connectivity index (χ2n) is 7.73. The van der Waals surface area contributed by atoms with Crippen molar-refractivity contribution in [2.24, 2.45) is 0 Å². The van der Waals surface area contributed by atoms with Crippen molar-refractivity contribution in [3.63, 3.8) is 0 Å². The highest BCUT2D eigenvalue weighted by atomic mass is 32.1. The Bertz CT molecular complexity index is 962. The van der Waals surface area contributed by atoms with Gasteiger partial charge < -0.3 is 16.0 Å². The highest BCUT2D eigenvalue weighted by Crippen LogP contribution is 2.35. The molecule has 3 aromatic rings. The van der Waals surface area contributed by atoms with Gasteiger partial charge in [-0.3, -0.25) is 4.79 Å². The van der Waals surface area contributed by atoms with E-state index in [0.717, 1.165) is 38.0 Å². The number of piperidine rings is 1. The standard InChI is InChI=1S/C23H28N4OS/c24-20-9-3-1-7-18(20)23(28)25-13-5-6-14-27-15-11-17(12-16-27)22-19-8-2-4-10-21(19)26-29-22/h1-4,7-10,17H,5-6,11-16,24H2,(H,25,28). The molecule has 3 N–H and O–H groups in total. The van der Waals surface area contributed by atoms with E-state index < -0.39 is 0 Å². The van der Waals surface area contributed by atoms with Crippen LogP contribution in [0.5, 0.6) is 0 Å². The normalized spacial score (nSPS) is 15.6. The molecule has 0 atom stereocenters. The number of amides is 1. The molecule has 152 valence electrons. The Labute approximate surface area is 176 Å². The molecule has 6 heteroatoms. The van der Waals surface area contributed by atoms with E-state index in [1.54, 1.807) is 23.7 Å². The zero-order valence-electron chi connectivity index (χ0n) is 16.6. The molecule has 0 aliphatic carbocycles. The number of hydrogen-bond donors (Lipinski definition) is 2. The van der Waals surface area contributed by atoms with Crippen LogP contribution in [0.4, 0.5) is 5.69 Å². The van der Waals surface area contributed by atoms with Crippen LogP contribution in [0.3, 0.4) is 0 Å². The van der Waals surface area contributed by atoms with Crippen LogP contribution in [-0.4, -0.2) is 41.4 Å². The van der Waals surface area contributed by atoms with Gasteiger partial charge in [0.25, 0.3) is 5.91 Å². The zero-order chi connectivity index (χ0) is 20.1. The zero-order valence-corrected chi connectivity index (χ0v) is 17.5. The van der Waals surface area contributed by atoms with Crippen molar-refractivity contribution in [1.82, 2.24) is 14.6 Å². The lowest BCUT2D eigenvalue weighted by Crippen LogP contribution is -2.34. The van der Waals surface area contributed by atoms with Gasteiger partial charge in [0, 0.05) is 22.5 Å². The number of carbonyl (C=O) groups is 1. The summed E-state index contributed by atoms with van der Waals surface area (Å²) >= 11 is 1.68. The van der Waals surface area contributed by atoms with Crippen molar-refractivity contribution in [2.45, 2.75) is 31.6 Å². The third kappa shape index (κ3) is 4.77. The van der Waals surface area contributed by atoms with Crippen molar-refractivity contribution in [1.29, 1.82) is 0 Å². The van der Waals surface area contributed by atoms with E-state index in [2.05, 4.69) is 38.9 Å². The van der Waals surface area contributed by atoms with E-state index in [-0.39, 0.29) is 5.91 Å². The van der Waals surface area contributed by atoms with Gasteiger partial charge in [-0.1, -0.05) is 30.3 Å². The van der Waals surface area contributed by atoms with Crippen LogP contribution >= 0.6 is 11.5 Å². The van der Waals surface area contributed by atoms with Gasteiger partial charge in [0.1, 0.15) is 0 Å². The summed E-state index contributed by atoms with van der Waals surface area (Å²) in [5, 5.41) is 4.32. The average Bonchev–Trinajstić information content (AvgIpc) is 3.18. The molecule has 1 aliphatic rings. The molecule has 0 spiro atoms. The maximum Gasteiger partial charge on any atom is 0.253 e. The average molecular weight is 409 g/mol. The van der Waals surface area contributed by atoms with Crippen LogP contribution in [0.15, 0.2) is 48.5 Å². The number of fused-ring (bicyclic) bond motifs is 1. The lowest BCUT2D eigenvalue weighted by atomic mass is 9.93. The Morgan fingerprint density at radius 3 is 2.69 bits per heavy atom. The summed E-state index contributed by atoms with van der Waals surface area (Å²) in [7, 11) is 0. The molecule has 0 saturated carbocycles. The lowest BCUT2D eigenvalue weighted by Gasteiger charge is -2.31. The van der Waals surface area contributed by atoms with E-state index in [0.29, 0.717) is 23.7 Å². The first kappa shape index (κ1) is 19.9. The maximum absolute atomic E-state index is 12.2. The molecular formula is C23H28N4OS. The predicted molar refractivity (Wildman–Crippen MR) is 120 cm³/mol. The van der Waals surface area contributed by atoms with E-state index in [9.17, 15) is 4.79 Å². The van der Waals surface area contributed by atoms with Gasteiger partial charge in [0.05, 0.1) is 11.1 Å². The molecule has 1 amide bonds. The molecule has 29 heavy (non-hydrogen) atoms. The first-order valence-electron chi connectivity index (χ1n) is 10.4. The number of nitrogen functional groups attached to an aromatic ring is 1. The first-order valence-corrected chi connectivity index (χ1v) is 11.2. The van der Waals surface area contributed by atoms with Crippen LogP contribution in [0.2, 0.25) is 0 Å². The first-order chi connectivity index (χ1) is 14.2. The molecule has 2 aromatic carbocycles. The largest absolute Gasteiger partial charge is 0.398 e. The number of aromatic nitrogens is 1. The van der Waals surface area contributed by atoms with Crippen molar-refractivity contribution in [3.8, 4) is 0 Å². The Balaban J connectivity index is 1.16. The van der Waals surface area contributed by atoms with Gasteiger partial charge in [-0.15, -0.1) is 0 Å². The summed E-state index contributed by atoms with van der Waals surface area (Å²) in [6, 6.07) is 15.7. The number of para-hydroxylation sites is 1. The van der Waals surface area contributed by atoms with Gasteiger partial charge in [0.2, 0.25) is 0 Å². The van der Waals surface area contributed by atoms with Crippen LogP contribution in [-0.2, 0) is 0 Å². The number of hydrogen-bond acceptors (Lipinski definition) is 5. The van der Waals surface area contributed by atoms with Gasteiger partial charge in [-0.2, -0.15) is 4.37 Å². The van der Waals surface area contributed by atoms with E-state index >= 15 is 0 Å². The van der Waals surface area contributed by atoms with E-state index in [4.69, 9.17) is 5.73 Å². The number of benzene rings is 2. The fourth-order valence-corrected chi connectivity index (χ4v) is 5.10.